The van der Waals surface area contributed by atoms with Crippen LogP contribution in [0.1, 0.15) is 23.6 Å². The van der Waals surface area contributed by atoms with Gasteiger partial charge in [0, 0.05) is 19.8 Å². The smallest absolute Gasteiger partial charge is 0.328 e. The van der Waals surface area contributed by atoms with Crippen molar-refractivity contribution in [3.63, 3.8) is 0 Å². The van der Waals surface area contributed by atoms with E-state index >= 15 is 0 Å². The van der Waals surface area contributed by atoms with Crippen LogP contribution in [0, 0.1) is 12.7 Å². The SMILES string of the molecule is COC(=O)[C@H](Cc1ccc(C)cc1)NC(=O)[C@H](Cc1ccccc1F)NC(C)=O. The Hall–Kier alpha value is -3.22. The summed E-state index contributed by atoms with van der Waals surface area (Å²) >= 11 is 0. The van der Waals surface area contributed by atoms with E-state index < -0.39 is 35.7 Å². The molecule has 0 spiro atoms. The maximum Gasteiger partial charge on any atom is 0.328 e. The summed E-state index contributed by atoms with van der Waals surface area (Å²) in [6.07, 6.45) is 0.182. The molecule has 2 aromatic carbocycles. The molecule has 0 aromatic heterocycles. The van der Waals surface area contributed by atoms with Crippen LogP contribution in [0.15, 0.2) is 48.5 Å². The monoisotopic (exact) mass is 400 g/mol. The van der Waals surface area contributed by atoms with Crippen molar-refractivity contribution >= 4 is 17.8 Å². The average Bonchev–Trinajstić information content (AvgIpc) is 2.69. The summed E-state index contributed by atoms with van der Waals surface area (Å²) in [5, 5.41) is 5.14. The molecule has 2 rings (SSSR count). The minimum absolute atomic E-state index is 0.0451. The van der Waals surface area contributed by atoms with Gasteiger partial charge in [-0.3, -0.25) is 9.59 Å². The maximum atomic E-state index is 14.0. The lowest BCUT2D eigenvalue weighted by molar-refractivity contribution is -0.145. The lowest BCUT2D eigenvalue weighted by atomic mass is 10.0. The highest BCUT2D eigenvalue weighted by Gasteiger charge is 2.27. The largest absolute Gasteiger partial charge is 0.467 e. The second-order valence-electron chi connectivity index (χ2n) is 6.82. The molecule has 29 heavy (non-hydrogen) atoms. The Morgan fingerprint density at radius 1 is 0.966 bits per heavy atom. The molecule has 0 fully saturated rings. The molecule has 0 aliphatic heterocycles. The zero-order valence-corrected chi connectivity index (χ0v) is 16.7. The van der Waals surface area contributed by atoms with Gasteiger partial charge in [0.1, 0.15) is 17.9 Å². The van der Waals surface area contributed by atoms with Crippen LogP contribution in [-0.4, -0.2) is 37.0 Å². The summed E-state index contributed by atoms with van der Waals surface area (Å²) < 4.78 is 18.8. The zero-order valence-electron chi connectivity index (χ0n) is 16.7. The molecule has 0 saturated heterocycles. The first-order chi connectivity index (χ1) is 13.8. The first kappa shape index (κ1) is 22.1. The van der Waals surface area contributed by atoms with E-state index in [1.54, 1.807) is 18.2 Å². The third-order valence-electron chi connectivity index (χ3n) is 4.44. The minimum Gasteiger partial charge on any atom is -0.467 e. The summed E-state index contributed by atoms with van der Waals surface area (Å²) in [6, 6.07) is 11.6. The molecule has 6 nitrogen and oxygen atoms in total. The highest BCUT2D eigenvalue weighted by atomic mass is 19.1. The van der Waals surface area contributed by atoms with Gasteiger partial charge in [0.15, 0.2) is 0 Å². The predicted octanol–water partition coefficient (Wildman–Crippen LogP) is 2.08. The van der Waals surface area contributed by atoms with Crippen LogP contribution in [0.2, 0.25) is 0 Å². The molecule has 2 N–H and O–H groups in total. The van der Waals surface area contributed by atoms with Crippen molar-refractivity contribution in [2.24, 2.45) is 0 Å². The molecular weight excluding hydrogens is 375 g/mol. The minimum atomic E-state index is -1.03. The molecule has 154 valence electrons. The number of carbonyl (C=O) groups is 3. The van der Waals surface area contributed by atoms with Crippen molar-refractivity contribution in [3.05, 3.63) is 71.0 Å². The number of amides is 2. The molecule has 0 aliphatic rings. The molecule has 2 amide bonds. The highest BCUT2D eigenvalue weighted by molar-refractivity contribution is 5.90. The van der Waals surface area contributed by atoms with Crippen molar-refractivity contribution in [2.75, 3.05) is 7.11 Å². The molecule has 0 aliphatic carbocycles. The van der Waals surface area contributed by atoms with Crippen LogP contribution in [0.3, 0.4) is 0 Å². The van der Waals surface area contributed by atoms with E-state index in [2.05, 4.69) is 10.6 Å². The molecule has 0 radical (unpaired) electrons. The van der Waals surface area contributed by atoms with Crippen LogP contribution in [0.4, 0.5) is 4.39 Å². The van der Waals surface area contributed by atoms with E-state index in [4.69, 9.17) is 4.74 Å². The zero-order chi connectivity index (χ0) is 21.4. The van der Waals surface area contributed by atoms with E-state index in [0.29, 0.717) is 0 Å². The van der Waals surface area contributed by atoms with E-state index in [0.717, 1.165) is 11.1 Å². The summed E-state index contributed by atoms with van der Waals surface area (Å²) in [6.45, 7) is 3.22. The molecule has 0 saturated carbocycles. The molecule has 0 bridgehead atoms. The van der Waals surface area contributed by atoms with Crippen molar-refractivity contribution in [1.29, 1.82) is 0 Å². The van der Waals surface area contributed by atoms with Gasteiger partial charge in [-0.05, 0) is 24.1 Å². The fourth-order valence-corrected chi connectivity index (χ4v) is 2.91. The van der Waals surface area contributed by atoms with Crippen molar-refractivity contribution in [3.8, 4) is 0 Å². The third-order valence-corrected chi connectivity index (χ3v) is 4.44. The second kappa shape index (κ2) is 10.4. The van der Waals surface area contributed by atoms with Crippen molar-refractivity contribution < 1.29 is 23.5 Å². The number of nitrogens with one attached hydrogen (secondary N) is 2. The molecular formula is C22H25FN2O4. The summed E-state index contributed by atoms with van der Waals surface area (Å²) in [7, 11) is 1.24. The summed E-state index contributed by atoms with van der Waals surface area (Å²) in [5.74, 6) is -2.10. The molecule has 0 unspecified atom stereocenters. The highest BCUT2D eigenvalue weighted by Crippen LogP contribution is 2.11. The standard InChI is InChI=1S/C22H25FN2O4/c1-14-8-10-16(11-9-14)12-20(22(28)29-3)25-21(27)19(24-15(2)26)13-17-6-4-5-7-18(17)23/h4-11,19-20H,12-13H2,1-3H3,(H,24,26)(H,25,27)/t19-,20-/m0/s1. The number of carbonyl (C=O) groups excluding carboxylic acids is 3. The van der Waals surface area contributed by atoms with Crippen LogP contribution < -0.4 is 10.6 Å². The third kappa shape index (κ3) is 6.71. The fourth-order valence-electron chi connectivity index (χ4n) is 2.91. The van der Waals surface area contributed by atoms with E-state index in [-0.39, 0.29) is 18.4 Å². The van der Waals surface area contributed by atoms with Crippen molar-refractivity contribution in [1.82, 2.24) is 10.6 Å². The number of methoxy groups -OCH3 is 1. The maximum absolute atomic E-state index is 14.0. The predicted molar refractivity (Wildman–Crippen MR) is 107 cm³/mol. The van der Waals surface area contributed by atoms with Gasteiger partial charge in [0.25, 0.3) is 0 Å². The Bertz CT molecular complexity index is 867. The number of hydrogen-bond acceptors (Lipinski definition) is 4. The molecule has 2 atom stereocenters. The lowest BCUT2D eigenvalue weighted by Gasteiger charge is -2.22. The topological polar surface area (TPSA) is 84.5 Å². The van der Waals surface area contributed by atoms with Crippen LogP contribution in [0.5, 0.6) is 0 Å². The molecule has 2 aromatic rings. The quantitative estimate of drug-likeness (QED) is 0.665. The number of halogens is 1. The van der Waals surface area contributed by atoms with Gasteiger partial charge in [-0.2, -0.15) is 0 Å². The van der Waals surface area contributed by atoms with Gasteiger partial charge in [0.2, 0.25) is 11.8 Å². The molecule has 7 heteroatoms. The van der Waals surface area contributed by atoms with E-state index in [9.17, 15) is 18.8 Å². The van der Waals surface area contributed by atoms with Gasteiger partial charge >= 0.3 is 5.97 Å². The number of ether oxygens (including phenoxy) is 1. The molecule has 0 heterocycles. The Morgan fingerprint density at radius 2 is 1.62 bits per heavy atom. The number of benzene rings is 2. The number of rotatable bonds is 8. The Labute approximate surface area is 169 Å². The van der Waals surface area contributed by atoms with E-state index in [1.807, 2.05) is 31.2 Å². The summed E-state index contributed by atoms with van der Waals surface area (Å²) in [5.41, 5.74) is 2.20. The second-order valence-corrected chi connectivity index (χ2v) is 6.82. The Balaban J connectivity index is 2.17. The first-order valence-electron chi connectivity index (χ1n) is 9.24. The summed E-state index contributed by atoms with van der Waals surface area (Å²) in [4.78, 5) is 36.6. The van der Waals surface area contributed by atoms with Gasteiger partial charge in [-0.25, -0.2) is 9.18 Å². The van der Waals surface area contributed by atoms with Gasteiger partial charge in [0.05, 0.1) is 7.11 Å². The first-order valence-corrected chi connectivity index (χ1v) is 9.24. The van der Waals surface area contributed by atoms with Gasteiger partial charge in [-0.1, -0.05) is 48.0 Å². The number of hydrogen-bond donors (Lipinski definition) is 2. The van der Waals surface area contributed by atoms with Crippen LogP contribution in [-0.2, 0) is 32.0 Å². The van der Waals surface area contributed by atoms with Crippen LogP contribution >= 0.6 is 0 Å². The van der Waals surface area contributed by atoms with Gasteiger partial charge < -0.3 is 15.4 Å². The van der Waals surface area contributed by atoms with Crippen molar-refractivity contribution in [2.45, 2.75) is 38.8 Å². The normalized spacial score (nSPS) is 12.6. The Kier molecular flexibility index (Phi) is 7.88. The van der Waals surface area contributed by atoms with E-state index in [1.165, 1.54) is 20.1 Å². The fraction of sp³-hybridized carbons (Fsp3) is 0.318. The Morgan fingerprint density at radius 3 is 2.21 bits per heavy atom. The number of esters is 1. The van der Waals surface area contributed by atoms with Crippen LogP contribution in [0.25, 0.3) is 0 Å². The van der Waals surface area contributed by atoms with Gasteiger partial charge in [-0.15, -0.1) is 0 Å². The average molecular weight is 400 g/mol. The number of aryl methyl sites for hydroxylation is 1. The lowest BCUT2D eigenvalue weighted by Crippen LogP contribution is -2.53.